The fraction of sp³-hybridized carbons (Fsp3) is 0.217. The minimum Gasteiger partial charge on any atom is -0.485 e. The molecule has 0 radical (unpaired) electrons. The zero-order valence-corrected chi connectivity index (χ0v) is 16.2. The van der Waals surface area contributed by atoms with Crippen LogP contribution in [-0.4, -0.2) is 35.4 Å². The molecule has 3 aromatic rings. The van der Waals surface area contributed by atoms with Crippen molar-refractivity contribution in [2.24, 2.45) is 0 Å². The van der Waals surface area contributed by atoms with Crippen LogP contribution in [0.5, 0.6) is 5.75 Å². The van der Waals surface area contributed by atoms with Gasteiger partial charge in [-0.25, -0.2) is 9.18 Å². The van der Waals surface area contributed by atoms with E-state index in [0.29, 0.717) is 37.6 Å². The van der Waals surface area contributed by atoms with E-state index in [1.807, 2.05) is 23.1 Å². The summed E-state index contributed by atoms with van der Waals surface area (Å²) < 4.78 is 25.5. The van der Waals surface area contributed by atoms with Gasteiger partial charge in [-0.2, -0.15) is 0 Å². The second-order valence-corrected chi connectivity index (χ2v) is 7.02. The number of rotatable bonds is 7. The number of carbonyl (C=O) groups is 1. The predicted octanol–water partition coefficient (Wildman–Crippen LogP) is 4.42. The molecule has 7 heteroatoms. The Kier molecular flexibility index (Phi) is 5.90. The topological polar surface area (TPSA) is 71.9 Å². The van der Waals surface area contributed by atoms with Crippen LogP contribution in [0.25, 0.3) is 0 Å². The van der Waals surface area contributed by atoms with E-state index in [2.05, 4.69) is 4.98 Å². The van der Waals surface area contributed by atoms with Gasteiger partial charge < -0.3 is 19.5 Å². The van der Waals surface area contributed by atoms with Crippen molar-refractivity contribution in [2.75, 3.05) is 18.1 Å². The number of carboxylic acid groups (broad SMARTS) is 1. The molecule has 1 atom stereocenters. The second kappa shape index (κ2) is 8.92. The molecule has 1 N–H and O–H groups in total. The number of hydrogen-bond acceptors (Lipinski definition) is 5. The molecule has 1 saturated heterocycles. The Labute approximate surface area is 173 Å². The summed E-state index contributed by atoms with van der Waals surface area (Å²) in [6.07, 6.45) is 3.96. The van der Waals surface area contributed by atoms with Crippen molar-refractivity contribution in [2.45, 2.75) is 19.1 Å². The Morgan fingerprint density at radius 2 is 2.07 bits per heavy atom. The minimum absolute atomic E-state index is 0.147. The fourth-order valence-electron chi connectivity index (χ4n) is 3.35. The normalized spacial score (nSPS) is 15.7. The van der Waals surface area contributed by atoms with Crippen LogP contribution in [0.1, 0.15) is 22.3 Å². The zero-order chi connectivity index (χ0) is 20.9. The van der Waals surface area contributed by atoms with Crippen molar-refractivity contribution in [3.8, 4) is 5.75 Å². The Morgan fingerprint density at radius 1 is 1.20 bits per heavy atom. The average molecular weight is 408 g/mol. The van der Waals surface area contributed by atoms with Gasteiger partial charge in [0.15, 0.2) is 11.6 Å². The monoisotopic (exact) mass is 408 g/mol. The number of nitrogens with zero attached hydrogens (tertiary/aromatic N) is 2. The van der Waals surface area contributed by atoms with Crippen molar-refractivity contribution < 1.29 is 23.8 Å². The van der Waals surface area contributed by atoms with Gasteiger partial charge in [0.25, 0.3) is 0 Å². The number of ether oxygens (including phenoxy) is 2. The number of carboxylic acids is 1. The lowest BCUT2D eigenvalue weighted by Crippen LogP contribution is -2.19. The molecule has 1 aliphatic heterocycles. The van der Waals surface area contributed by atoms with Crippen LogP contribution in [0.3, 0.4) is 0 Å². The molecular weight excluding hydrogens is 387 g/mol. The first-order valence-corrected chi connectivity index (χ1v) is 9.64. The highest BCUT2D eigenvalue weighted by molar-refractivity contribution is 5.89. The molecule has 154 valence electrons. The molecule has 1 aliphatic rings. The summed E-state index contributed by atoms with van der Waals surface area (Å²) in [5.41, 5.74) is 2.44. The Bertz CT molecular complexity index is 1020. The first-order chi connectivity index (χ1) is 14.6. The first kappa shape index (κ1) is 19.8. The van der Waals surface area contributed by atoms with Crippen LogP contribution in [-0.2, 0) is 11.3 Å². The van der Waals surface area contributed by atoms with E-state index in [-0.39, 0.29) is 17.4 Å². The highest BCUT2D eigenvalue weighted by Crippen LogP contribution is 2.33. The number of halogens is 1. The molecule has 1 fully saturated rings. The van der Waals surface area contributed by atoms with Crippen LogP contribution < -0.4 is 9.64 Å². The summed E-state index contributed by atoms with van der Waals surface area (Å²) in [4.78, 5) is 17.5. The molecule has 6 nitrogen and oxygen atoms in total. The Hall–Kier alpha value is -3.45. The molecule has 4 rings (SSSR count). The van der Waals surface area contributed by atoms with E-state index in [1.165, 1.54) is 12.1 Å². The quantitative estimate of drug-likeness (QED) is 0.624. The third kappa shape index (κ3) is 4.58. The first-order valence-electron chi connectivity index (χ1n) is 9.64. The van der Waals surface area contributed by atoms with Crippen molar-refractivity contribution in [3.63, 3.8) is 0 Å². The molecule has 0 aliphatic carbocycles. The van der Waals surface area contributed by atoms with E-state index in [4.69, 9.17) is 9.47 Å². The maximum Gasteiger partial charge on any atom is 0.335 e. The molecule has 0 bridgehead atoms. The highest BCUT2D eigenvalue weighted by atomic mass is 19.1. The molecule has 0 saturated carbocycles. The van der Waals surface area contributed by atoms with Gasteiger partial charge in [0, 0.05) is 42.8 Å². The number of anilines is 2. The van der Waals surface area contributed by atoms with Gasteiger partial charge in [-0.3, -0.25) is 4.98 Å². The molecular formula is C23H21FN2O4. The van der Waals surface area contributed by atoms with E-state index < -0.39 is 11.8 Å². The van der Waals surface area contributed by atoms with Crippen molar-refractivity contribution in [1.82, 2.24) is 4.98 Å². The Morgan fingerprint density at radius 3 is 2.80 bits per heavy atom. The van der Waals surface area contributed by atoms with Crippen LogP contribution in [0.15, 0.2) is 67.0 Å². The molecule has 0 amide bonds. The molecule has 0 spiro atoms. The molecule has 2 heterocycles. The smallest absolute Gasteiger partial charge is 0.335 e. The van der Waals surface area contributed by atoms with Gasteiger partial charge in [-0.1, -0.05) is 12.1 Å². The third-order valence-corrected chi connectivity index (χ3v) is 4.88. The summed E-state index contributed by atoms with van der Waals surface area (Å²) in [6, 6.07) is 15.0. The summed E-state index contributed by atoms with van der Waals surface area (Å²) in [5.74, 6) is -1.32. The van der Waals surface area contributed by atoms with Gasteiger partial charge in [-0.05, 0) is 42.0 Å². The molecule has 1 aromatic heterocycles. The summed E-state index contributed by atoms with van der Waals surface area (Å²) >= 11 is 0. The summed E-state index contributed by atoms with van der Waals surface area (Å²) in [5, 5.41) is 9.38. The SMILES string of the molecule is O=C(O)c1cccc(N(Cc2cccnc2)c2ccc(F)c(OC3CCOC3)c2)c1. The zero-order valence-electron chi connectivity index (χ0n) is 16.2. The summed E-state index contributed by atoms with van der Waals surface area (Å²) in [7, 11) is 0. The largest absolute Gasteiger partial charge is 0.485 e. The maximum atomic E-state index is 14.4. The number of aromatic nitrogens is 1. The number of pyridine rings is 1. The van der Waals surface area contributed by atoms with Crippen LogP contribution in [0.2, 0.25) is 0 Å². The summed E-state index contributed by atoms with van der Waals surface area (Å²) in [6.45, 7) is 1.46. The van der Waals surface area contributed by atoms with Crippen molar-refractivity contribution >= 4 is 17.3 Å². The van der Waals surface area contributed by atoms with Crippen molar-refractivity contribution in [1.29, 1.82) is 0 Å². The number of hydrogen-bond donors (Lipinski definition) is 1. The predicted molar refractivity (Wildman–Crippen MR) is 110 cm³/mol. The highest BCUT2D eigenvalue weighted by Gasteiger charge is 2.21. The average Bonchev–Trinajstić information content (AvgIpc) is 3.28. The second-order valence-electron chi connectivity index (χ2n) is 7.02. The van der Waals surface area contributed by atoms with Gasteiger partial charge in [0.05, 0.1) is 18.8 Å². The number of aromatic carboxylic acids is 1. The van der Waals surface area contributed by atoms with Gasteiger partial charge in [0.1, 0.15) is 6.10 Å². The van der Waals surface area contributed by atoms with Crippen molar-refractivity contribution in [3.05, 3.63) is 83.9 Å². The van der Waals surface area contributed by atoms with Gasteiger partial charge >= 0.3 is 5.97 Å². The third-order valence-electron chi connectivity index (χ3n) is 4.88. The molecule has 30 heavy (non-hydrogen) atoms. The van der Waals surface area contributed by atoms with Crippen LogP contribution in [0, 0.1) is 5.82 Å². The van der Waals surface area contributed by atoms with Crippen LogP contribution in [0.4, 0.5) is 15.8 Å². The fourth-order valence-corrected chi connectivity index (χ4v) is 3.35. The van der Waals surface area contributed by atoms with E-state index >= 15 is 0 Å². The maximum absolute atomic E-state index is 14.4. The molecule has 1 unspecified atom stereocenters. The van der Waals surface area contributed by atoms with E-state index in [0.717, 1.165) is 5.56 Å². The lowest BCUT2D eigenvalue weighted by molar-refractivity contribution is 0.0697. The lowest BCUT2D eigenvalue weighted by atomic mass is 10.1. The number of benzene rings is 2. The van der Waals surface area contributed by atoms with Gasteiger partial charge in [-0.15, -0.1) is 0 Å². The Balaban J connectivity index is 1.71. The lowest BCUT2D eigenvalue weighted by Gasteiger charge is -2.26. The molecule has 2 aromatic carbocycles. The van der Waals surface area contributed by atoms with Crippen LogP contribution >= 0.6 is 0 Å². The van der Waals surface area contributed by atoms with Gasteiger partial charge in [0.2, 0.25) is 0 Å². The standard InChI is InChI=1S/C23H21FN2O4/c24-21-7-6-19(12-22(21)30-20-8-10-29-15-20)26(14-16-3-2-9-25-13-16)18-5-1-4-17(11-18)23(27)28/h1-7,9,11-13,20H,8,10,14-15H2,(H,27,28). The minimum atomic E-state index is -1.01. The van der Waals surface area contributed by atoms with E-state index in [1.54, 1.807) is 36.7 Å². The van der Waals surface area contributed by atoms with E-state index in [9.17, 15) is 14.3 Å².